The van der Waals surface area contributed by atoms with Crippen LogP contribution in [0.1, 0.15) is 30.4 Å². The lowest BCUT2D eigenvalue weighted by atomic mass is 9.87. The van der Waals surface area contributed by atoms with E-state index in [4.69, 9.17) is 4.74 Å². The SMILES string of the molecule is COc1ccc([C@H](CC(C)=O)c2c(O)sc3ccccc3c2=O)cc1. The normalized spacial score (nSPS) is 12.1. The molecule has 3 rings (SSSR count). The number of ether oxygens (including phenoxy) is 1. The summed E-state index contributed by atoms with van der Waals surface area (Å²) in [7, 11) is 1.58. The van der Waals surface area contributed by atoms with Gasteiger partial charge in [-0.15, -0.1) is 0 Å². The van der Waals surface area contributed by atoms with E-state index >= 15 is 0 Å². The Morgan fingerprint density at radius 2 is 1.84 bits per heavy atom. The predicted octanol–water partition coefficient (Wildman–Crippen LogP) is 4.09. The van der Waals surface area contributed by atoms with Gasteiger partial charge in [-0.05, 0) is 36.8 Å². The van der Waals surface area contributed by atoms with E-state index in [0.29, 0.717) is 11.1 Å². The molecular formula is C20H18O4S. The zero-order valence-electron chi connectivity index (χ0n) is 14.0. The molecule has 2 aromatic carbocycles. The van der Waals surface area contributed by atoms with E-state index in [1.165, 1.54) is 6.92 Å². The third-order valence-corrected chi connectivity index (χ3v) is 5.16. The number of hydrogen-bond acceptors (Lipinski definition) is 5. The van der Waals surface area contributed by atoms with Gasteiger partial charge in [-0.2, -0.15) is 0 Å². The van der Waals surface area contributed by atoms with E-state index in [2.05, 4.69) is 0 Å². The number of aromatic hydroxyl groups is 1. The van der Waals surface area contributed by atoms with Crippen LogP contribution in [0, 0.1) is 0 Å². The molecule has 0 aliphatic heterocycles. The molecular weight excluding hydrogens is 336 g/mol. The molecule has 0 aliphatic rings. The highest BCUT2D eigenvalue weighted by Crippen LogP contribution is 2.37. The van der Waals surface area contributed by atoms with Crippen molar-refractivity contribution in [2.75, 3.05) is 7.11 Å². The Bertz CT molecular complexity index is 973. The van der Waals surface area contributed by atoms with Gasteiger partial charge in [0.15, 0.2) is 10.5 Å². The van der Waals surface area contributed by atoms with Crippen LogP contribution in [-0.4, -0.2) is 18.0 Å². The molecule has 1 atom stereocenters. The first-order valence-corrected chi connectivity index (χ1v) is 8.71. The lowest BCUT2D eigenvalue weighted by Crippen LogP contribution is -2.16. The fraction of sp³-hybridized carbons (Fsp3) is 0.200. The number of Topliss-reactive ketones (excluding diaryl/α,β-unsaturated/α-hetero) is 1. The minimum absolute atomic E-state index is 0.0363. The molecule has 0 fully saturated rings. The third-order valence-electron chi connectivity index (χ3n) is 4.17. The Labute approximate surface area is 149 Å². The molecule has 1 aromatic heterocycles. The number of methoxy groups -OCH3 is 1. The Kier molecular flexibility index (Phi) is 4.86. The van der Waals surface area contributed by atoms with Crippen molar-refractivity contribution in [1.82, 2.24) is 0 Å². The summed E-state index contributed by atoms with van der Waals surface area (Å²) in [4.78, 5) is 24.8. The summed E-state index contributed by atoms with van der Waals surface area (Å²) in [6, 6.07) is 14.4. The molecule has 5 heteroatoms. The highest BCUT2D eigenvalue weighted by Gasteiger charge is 2.24. The van der Waals surface area contributed by atoms with E-state index < -0.39 is 5.92 Å². The number of benzene rings is 2. The second kappa shape index (κ2) is 7.07. The van der Waals surface area contributed by atoms with Gasteiger partial charge in [0.1, 0.15) is 11.5 Å². The van der Waals surface area contributed by atoms with Crippen LogP contribution in [0.5, 0.6) is 10.8 Å². The Morgan fingerprint density at radius 1 is 1.16 bits per heavy atom. The van der Waals surface area contributed by atoms with Crippen molar-refractivity contribution >= 4 is 27.2 Å². The maximum atomic E-state index is 13.0. The van der Waals surface area contributed by atoms with Crippen molar-refractivity contribution < 1.29 is 14.6 Å². The molecule has 0 saturated heterocycles. The summed E-state index contributed by atoms with van der Waals surface area (Å²) >= 11 is 1.16. The Balaban J connectivity index is 2.20. The molecule has 3 aromatic rings. The minimum Gasteiger partial charge on any atom is -0.499 e. The summed E-state index contributed by atoms with van der Waals surface area (Å²) in [5, 5.41) is 11.0. The van der Waals surface area contributed by atoms with Crippen LogP contribution < -0.4 is 10.2 Å². The fourth-order valence-corrected chi connectivity index (χ4v) is 3.93. The zero-order chi connectivity index (χ0) is 18.0. The number of carbonyl (C=O) groups is 1. The van der Waals surface area contributed by atoms with Crippen LogP contribution in [0.15, 0.2) is 53.3 Å². The first-order valence-electron chi connectivity index (χ1n) is 7.89. The number of rotatable bonds is 5. The maximum absolute atomic E-state index is 13.0. The smallest absolute Gasteiger partial charge is 0.195 e. The van der Waals surface area contributed by atoms with Gasteiger partial charge in [0.25, 0.3) is 0 Å². The monoisotopic (exact) mass is 354 g/mol. The fourth-order valence-electron chi connectivity index (χ4n) is 2.96. The summed E-state index contributed by atoms with van der Waals surface area (Å²) in [5.41, 5.74) is 0.851. The molecule has 128 valence electrons. The topological polar surface area (TPSA) is 63.6 Å². The first kappa shape index (κ1) is 17.2. The highest BCUT2D eigenvalue weighted by atomic mass is 32.1. The van der Waals surface area contributed by atoms with Crippen LogP contribution in [0.2, 0.25) is 0 Å². The highest BCUT2D eigenvalue weighted by molar-refractivity contribution is 7.20. The van der Waals surface area contributed by atoms with Crippen LogP contribution in [0.3, 0.4) is 0 Å². The minimum atomic E-state index is -0.489. The Morgan fingerprint density at radius 3 is 2.48 bits per heavy atom. The van der Waals surface area contributed by atoms with Crippen LogP contribution >= 0.6 is 11.3 Å². The van der Waals surface area contributed by atoms with Gasteiger partial charge in [0, 0.05) is 22.4 Å². The standard InChI is InChI=1S/C20H18O4S/c1-12(21)11-16(13-7-9-14(24-2)10-8-13)18-19(22)15-5-3-4-6-17(15)25-20(18)23/h3-10,16,23H,11H2,1-2H3/t16-/m0/s1. The third kappa shape index (κ3) is 3.42. The van der Waals surface area contributed by atoms with E-state index in [1.807, 2.05) is 18.2 Å². The summed E-state index contributed by atoms with van der Waals surface area (Å²) in [6.07, 6.45) is 0.153. The quantitative estimate of drug-likeness (QED) is 0.750. The molecule has 25 heavy (non-hydrogen) atoms. The van der Waals surface area contributed by atoms with E-state index in [1.54, 1.807) is 37.4 Å². The van der Waals surface area contributed by atoms with Crippen LogP contribution in [0.25, 0.3) is 10.1 Å². The molecule has 0 amide bonds. The first-order chi connectivity index (χ1) is 12.0. The van der Waals surface area contributed by atoms with Crippen LogP contribution in [0.4, 0.5) is 0 Å². The number of carbonyl (C=O) groups excluding carboxylic acids is 1. The van der Waals surface area contributed by atoms with Gasteiger partial charge in [-0.25, -0.2) is 0 Å². The maximum Gasteiger partial charge on any atom is 0.195 e. The van der Waals surface area contributed by atoms with Crippen molar-refractivity contribution in [3.63, 3.8) is 0 Å². The number of hydrogen-bond donors (Lipinski definition) is 1. The summed E-state index contributed by atoms with van der Waals surface area (Å²) in [5.74, 6) is 0.160. The van der Waals surface area contributed by atoms with Crippen molar-refractivity contribution in [2.24, 2.45) is 0 Å². The summed E-state index contributed by atoms with van der Waals surface area (Å²) < 4.78 is 5.89. The van der Waals surface area contributed by atoms with Gasteiger partial charge < -0.3 is 9.84 Å². The number of ketones is 1. The molecule has 0 unspecified atom stereocenters. The van der Waals surface area contributed by atoms with Crippen molar-refractivity contribution in [3.8, 4) is 10.8 Å². The molecule has 0 bridgehead atoms. The predicted molar refractivity (Wildman–Crippen MR) is 99.9 cm³/mol. The van der Waals surface area contributed by atoms with Gasteiger partial charge in [-0.3, -0.25) is 9.59 Å². The van der Waals surface area contributed by atoms with Gasteiger partial charge in [0.2, 0.25) is 0 Å². The molecule has 0 radical (unpaired) electrons. The van der Waals surface area contributed by atoms with E-state index in [0.717, 1.165) is 21.6 Å². The molecule has 0 spiro atoms. The lowest BCUT2D eigenvalue weighted by Gasteiger charge is -2.18. The average Bonchev–Trinajstić information content (AvgIpc) is 2.60. The molecule has 1 N–H and O–H groups in total. The number of fused-ring (bicyclic) bond motifs is 1. The summed E-state index contributed by atoms with van der Waals surface area (Å²) in [6.45, 7) is 1.49. The largest absolute Gasteiger partial charge is 0.499 e. The van der Waals surface area contributed by atoms with Gasteiger partial charge in [-0.1, -0.05) is 35.6 Å². The molecule has 4 nitrogen and oxygen atoms in total. The van der Waals surface area contributed by atoms with Crippen molar-refractivity contribution in [2.45, 2.75) is 19.3 Å². The van der Waals surface area contributed by atoms with Gasteiger partial charge >= 0.3 is 0 Å². The second-order valence-electron chi connectivity index (χ2n) is 5.88. The van der Waals surface area contributed by atoms with Gasteiger partial charge in [0.05, 0.1) is 12.7 Å². The van der Waals surface area contributed by atoms with Crippen molar-refractivity contribution in [1.29, 1.82) is 0 Å². The lowest BCUT2D eigenvalue weighted by molar-refractivity contribution is -0.117. The molecule has 1 heterocycles. The zero-order valence-corrected chi connectivity index (χ0v) is 14.8. The van der Waals surface area contributed by atoms with Crippen LogP contribution in [-0.2, 0) is 4.79 Å². The second-order valence-corrected chi connectivity index (χ2v) is 6.91. The van der Waals surface area contributed by atoms with E-state index in [-0.39, 0.29) is 28.3 Å². The van der Waals surface area contributed by atoms with Crippen molar-refractivity contribution in [3.05, 3.63) is 69.9 Å². The Hall–Kier alpha value is -2.66. The van der Waals surface area contributed by atoms with E-state index in [9.17, 15) is 14.7 Å². The molecule has 0 aliphatic carbocycles. The molecule has 0 saturated carbocycles. The average molecular weight is 354 g/mol.